The van der Waals surface area contributed by atoms with Crippen LogP contribution in [0.1, 0.15) is 16.9 Å². The summed E-state index contributed by atoms with van der Waals surface area (Å²) in [6.45, 7) is 1.70. The molecule has 0 aliphatic rings. The van der Waals surface area contributed by atoms with E-state index in [0.29, 0.717) is 15.8 Å². The standard InChI is InChI=1S/C11H12N2O5S2/c1-5-6(3-4-7(14)15)19-10-8(5)9(16)12-11(13-10)20(2,17)18/h3-4H2,1-2H3,(H,14,15)(H,12,13,16). The largest absolute Gasteiger partial charge is 0.481 e. The maximum Gasteiger partial charge on any atom is 0.303 e. The Morgan fingerprint density at radius 3 is 2.65 bits per heavy atom. The summed E-state index contributed by atoms with van der Waals surface area (Å²) in [4.78, 5) is 29.8. The minimum atomic E-state index is -3.60. The van der Waals surface area contributed by atoms with E-state index in [2.05, 4.69) is 9.97 Å². The first kappa shape index (κ1) is 14.7. The number of nitrogens with zero attached hydrogens (tertiary/aromatic N) is 1. The van der Waals surface area contributed by atoms with Crippen LogP contribution in [0.25, 0.3) is 10.2 Å². The molecule has 2 heterocycles. The summed E-state index contributed by atoms with van der Waals surface area (Å²) in [7, 11) is -3.60. The van der Waals surface area contributed by atoms with Gasteiger partial charge in [-0.25, -0.2) is 13.4 Å². The lowest BCUT2D eigenvalue weighted by atomic mass is 10.1. The van der Waals surface area contributed by atoms with Gasteiger partial charge in [-0.3, -0.25) is 14.6 Å². The van der Waals surface area contributed by atoms with Crippen LogP contribution in [0.2, 0.25) is 0 Å². The van der Waals surface area contributed by atoms with Crippen molar-refractivity contribution in [2.75, 3.05) is 6.26 Å². The molecule has 2 aromatic heterocycles. The smallest absolute Gasteiger partial charge is 0.303 e. The molecule has 2 rings (SSSR count). The van der Waals surface area contributed by atoms with Gasteiger partial charge in [-0.05, 0) is 18.9 Å². The van der Waals surface area contributed by atoms with Crippen molar-refractivity contribution < 1.29 is 18.3 Å². The first-order chi connectivity index (χ1) is 9.20. The normalized spacial score (nSPS) is 11.9. The number of hydrogen-bond donors (Lipinski definition) is 2. The van der Waals surface area contributed by atoms with Gasteiger partial charge in [-0.15, -0.1) is 11.3 Å². The zero-order chi connectivity index (χ0) is 15.1. The molecule has 2 N–H and O–H groups in total. The summed E-state index contributed by atoms with van der Waals surface area (Å²) < 4.78 is 22.9. The van der Waals surface area contributed by atoms with Crippen molar-refractivity contribution in [3.05, 3.63) is 20.8 Å². The van der Waals surface area contributed by atoms with Crippen LogP contribution in [0, 0.1) is 6.92 Å². The molecule has 0 aliphatic carbocycles. The van der Waals surface area contributed by atoms with E-state index in [0.717, 1.165) is 22.5 Å². The Morgan fingerprint density at radius 1 is 1.45 bits per heavy atom. The molecule has 0 saturated heterocycles. The van der Waals surface area contributed by atoms with Gasteiger partial charge in [0.2, 0.25) is 15.0 Å². The monoisotopic (exact) mass is 316 g/mol. The zero-order valence-electron chi connectivity index (χ0n) is 10.8. The average Bonchev–Trinajstić information content (AvgIpc) is 2.63. The van der Waals surface area contributed by atoms with Gasteiger partial charge in [0.05, 0.1) is 11.8 Å². The van der Waals surface area contributed by atoms with Crippen LogP contribution in [-0.2, 0) is 21.1 Å². The van der Waals surface area contributed by atoms with Crippen LogP contribution in [0.3, 0.4) is 0 Å². The second-order valence-corrected chi connectivity index (χ2v) is 7.38. The SMILES string of the molecule is Cc1c(CCC(=O)O)sc2nc(S(C)(=O)=O)[nH]c(=O)c12. The number of sulfone groups is 1. The number of aliphatic carboxylic acids is 1. The topological polar surface area (TPSA) is 117 Å². The molecule has 0 radical (unpaired) electrons. The second kappa shape index (κ2) is 4.98. The predicted molar refractivity (Wildman–Crippen MR) is 74.0 cm³/mol. The Bertz CT molecular complexity index is 848. The molecule has 0 aromatic carbocycles. The highest BCUT2D eigenvalue weighted by molar-refractivity contribution is 7.90. The molecule has 0 aliphatic heterocycles. The third-order valence-corrected chi connectivity index (χ3v) is 4.94. The van der Waals surface area contributed by atoms with Crippen molar-refractivity contribution in [3.63, 3.8) is 0 Å². The molecule has 0 fully saturated rings. The Morgan fingerprint density at radius 2 is 2.10 bits per heavy atom. The average molecular weight is 316 g/mol. The lowest BCUT2D eigenvalue weighted by Gasteiger charge is -1.97. The van der Waals surface area contributed by atoms with Crippen LogP contribution < -0.4 is 5.56 Å². The lowest BCUT2D eigenvalue weighted by molar-refractivity contribution is -0.136. The van der Waals surface area contributed by atoms with E-state index in [1.54, 1.807) is 6.92 Å². The summed E-state index contributed by atoms with van der Waals surface area (Å²) in [5.41, 5.74) is 0.130. The van der Waals surface area contributed by atoms with E-state index < -0.39 is 21.4 Å². The zero-order valence-corrected chi connectivity index (χ0v) is 12.4. The molecule has 7 nitrogen and oxygen atoms in total. The summed E-state index contributed by atoms with van der Waals surface area (Å²) in [6, 6.07) is 0. The number of fused-ring (bicyclic) bond motifs is 1. The van der Waals surface area contributed by atoms with Crippen LogP contribution >= 0.6 is 11.3 Å². The molecule has 2 aromatic rings. The number of thiophene rings is 1. The van der Waals surface area contributed by atoms with E-state index in [-0.39, 0.29) is 18.0 Å². The van der Waals surface area contributed by atoms with E-state index in [1.165, 1.54) is 0 Å². The molecule has 0 unspecified atom stereocenters. The number of aromatic nitrogens is 2. The van der Waals surface area contributed by atoms with Crippen LogP contribution in [0.4, 0.5) is 0 Å². The fourth-order valence-corrected chi connectivity index (χ4v) is 3.58. The molecule has 9 heteroatoms. The van der Waals surface area contributed by atoms with Crippen molar-refractivity contribution in [2.24, 2.45) is 0 Å². The highest BCUT2D eigenvalue weighted by Crippen LogP contribution is 2.28. The molecular formula is C11H12N2O5S2. The molecule has 0 bridgehead atoms. The van der Waals surface area contributed by atoms with Crippen molar-refractivity contribution in [1.29, 1.82) is 0 Å². The van der Waals surface area contributed by atoms with E-state index >= 15 is 0 Å². The molecular weight excluding hydrogens is 304 g/mol. The minimum Gasteiger partial charge on any atom is -0.481 e. The number of carbonyl (C=O) groups is 1. The highest BCUT2D eigenvalue weighted by atomic mass is 32.2. The second-order valence-electron chi connectivity index (χ2n) is 4.37. The van der Waals surface area contributed by atoms with Gasteiger partial charge in [-0.2, -0.15) is 0 Å². The van der Waals surface area contributed by atoms with Crippen LogP contribution in [0.15, 0.2) is 9.95 Å². The first-order valence-corrected chi connectivity index (χ1v) is 8.35. The number of aromatic amines is 1. The van der Waals surface area contributed by atoms with Gasteiger partial charge in [-0.1, -0.05) is 0 Å². The van der Waals surface area contributed by atoms with Crippen molar-refractivity contribution in [3.8, 4) is 0 Å². The molecule has 0 atom stereocenters. The Balaban J connectivity index is 2.62. The fourth-order valence-electron chi connectivity index (χ4n) is 1.80. The lowest BCUT2D eigenvalue weighted by Crippen LogP contribution is -2.14. The number of hydrogen-bond acceptors (Lipinski definition) is 6. The maximum atomic E-state index is 11.9. The van der Waals surface area contributed by atoms with Crippen LogP contribution in [0.5, 0.6) is 0 Å². The number of aryl methyl sites for hydroxylation is 2. The number of H-pyrrole nitrogens is 1. The number of rotatable bonds is 4. The number of nitrogens with one attached hydrogen (secondary N) is 1. The van der Waals surface area contributed by atoms with E-state index in [1.807, 2.05) is 0 Å². The van der Waals surface area contributed by atoms with Crippen molar-refractivity contribution >= 4 is 37.4 Å². The van der Waals surface area contributed by atoms with Gasteiger partial charge in [0.25, 0.3) is 5.56 Å². The van der Waals surface area contributed by atoms with Gasteiger partial charge in [0.1, 0.15) is 4.83 Å². The number of carboxylic acids is 1. The van der Waals surface area contributed by atoms with Gasteiger partial charge in [0, 0.05) is 11.1 Å². The fraction of sp³-hybridized carbons (Fsp3) is 0.364. The molecule has 0 spiro atoms. The summed E-state index contributed by atoms with van der Waals surface area (Å²) >= 11 is 1.15. The summed E-state index contributed by atoms with van der Waals surface area (Å²) in [5, 5.41) is 8.64. The quantitative estimate of drug-likeness (QED) is 0.802. The highest BCUT2D eigenvalue weighted by Gasteiger charge is 2.18. The van der Waals surface area contributed by atoms with Gasteiger partial charge < -0.3 is 5.11 Å². The first-order valence-electron chi connectivity index (χ1n) is 5.64. The molecule has 0 saturated carbocycles. The Labute approximate surface area is 118 Å². The summed E-state index contributed by atoms with van der Waals surface area (Å²) in [6.07, 6.45) is 1.20. The Hall–Kier alpha value is -1.74. The van der Waals surface area contributed by atoms with Gasteiger partial charge >= 0.3 is 5.97 Å². The molecule has 108 valence electrons. The predicted octanol–water partition coefficient (Wildman–Crippen LogP) is 0.714. The minimum absolute atomic E-state index is 0.0511. The third-order valence-electron chi connectivity index (χ3n) is 2.79. The van der Waals surface area contributed by atoms with Crippen molar-refractivity contribution in [2.45, 2.75) is 24.9 Å². The van der Waals surface area contributed by atoms with Crippen LogP contribution in [-0.4, -0.2) is 35.7 Å². The number of carboxylic acid groups (broad SMARTS) is 1. The Kier molecular flexibility index (Phi) is 3.65. The van der Waals surface area contributed by atoms with Crippen molar-refractivity contribution in [1.82, 2.24) is 9.97 Å². The third kappa shape index (κ3) is 2.73. The van der Waals surface area contributed by atoms with E-state index in [4.69, 9.17) is 5.11 Å². The molecule has 0 amide bonds. The maximum absolute atomic E-state index is 11.9. The van der Waals surface area contributed by atoms with E-state index in [9.17, 15) is 18.0 Å². The summed E-state index contributed by atoms with van der Waals surface area (Å²) in [5.74, 6) is -0.930. The van der Waals surface area contributed by atoms with Gasteiger partial charge in [0.15, 0.2) is 0 Å². The molecule has 20 heavy (non-hydrogen) atoms.